The number of nitrogens with one attached hydrogen (secondary N) is 1. The lowest BCUT2D eigenvalue weighted by Crippen LogP contribution is -2.40. The summed E-state index contributed by atoms with van der Waals surface area (Å²) >= 11 is 0. The number of nitrogens with zero attached hydrogens (tertiary/aromatic N) is 1. The van der Waals surface area contributed by atoms with E-state index >= 15 is 0 Å². The van der Waals surface area contributed by atoms with Gasteiger partial charge in [-0.15, -0.1) is 0 Å². The molecular weight excluding hydrogens is 363 g/mol. The summed E-state index contributed by atoms with van der Waals surface area (Å²) in [5, 5.41) is 3.24. The summed E-state index contributed by atoms with van der Waals surface area (Å²) in [6, 6.07) is 13.5. The molecule has 4 rings (SSSR count). The smallest absolute Gasteiger partial charge is 0.223 e. The summed E-state index contributed by atoms with van der Waals surface area (Å²) in [5.41, 5.74) is 5.28. The number of amides is 1. The SMILES string of the molecule is C[C@@H](NC(=O)C1CCN(Cc2ccc(F)cc2)CC1)c1ccc2c(c1)CCCC2. The van der Waals surface area contributed by atoms with E-state index in [-0.39, 0.29) is 23.7 Å². The Labute approximate surface area is 173 Å². The zero-order valence-electron chi connectivity index (χ0n) is 17.3. The first-order chi connectivity index (χ1) is 14.1. The molecular formula is C25H31FN2O. The zero-order valence-corrected chi connectivity index (χ0v) is 17.3. The van der Waals surface area contributed by atoms with Crippen molar-refractivity contribution in [1.82, 2.24) is 10.2 Å². The lowest BCUT2D eigenvalue weighted by Gasteiger charge is -2.32. The number of carbonyl (C=O) groups excluding carboxylic acids is 1. The normalized spacial score (nSPS) is 18.8. The van der Waals surface area contributed by atoms with Crippen molar-refractivity contribution in [2.75, 3.05) is 13.1 Å². The second kappa shape index (κ2) is 9.08. The van der Waals surface area contributed by atoms with Crippen molar-refractivity contribution in [3.05, 3.63) is 70.5 Å². The number of hydrogen-bond acceptors (Lipinski definition) is 2. The predicted octanol–water partition coefficient (Wildman–Crippen LogP) is 4.79. The Kier molecular flexibility index (Phi) is 6.29. The molecule has 3 nitrogen and oxygen atoms in total. The molecule has 2 aliphatic rings. The van der Waals surface area contributed by atoms with E-state index in [0.29, 0.717) is 0 Å². The van der Waals surface area contributed by atoms with Gasteiger partial charge in [0, 0.05) is 12.5 Å². The molecule has 0 radical (unpaired) electrons. The fraction of sp³-hybridized carbons (Fsp3) is 0.480. The van der Waals surface area contributed by atoms with Crippen molar-refractivity contribution >= 4 is 5.91 Å². The molecule has 1 aliphatic carbocycles. The molecule has 1 aliphatic heterocycles. The van der Waals surface area contributed by atoms with Crippen molar-refractivity contribution in [2.24, 2.45) is 5.92 Å². The van der Waals surface area contributed by atoms with Crippen LogP contribution in [-0.4, -0.2) is 23.9 Å². The van der Waals surface area contributed by atoms with Crippen LogP contribution in [0.5, 0.6) is 0 Å². The number of aryl methyl sites for hydroxylation is 2. The van der Waals surface area contributed by atoms with Gasteiger partial charge in [0.2, 0.25) is 5.91 Å². The Hall–Kier alpha value is -2.20. The molecule has 0 spiro atoms. The van der Waals surface area contributed by atoms with E-state index in [0.717, 1.165) is 44.5 Å². The molecule has 2 aromatic rings. The van der Waals surface area contributed by atoms with Gasteiger partial charge in [-0.2, -0.15) is 0 Å². The number of benzene rings is 2. The molecule has 0 aromatic heterocycles. The molecule has 1 saturated heterocycles. The Bertz CT molecular complexity index is 840. The fourth-order valence-electron chi connectivity index (χ4n) is 4.64. The summed E-state index contributed by atoms with van der Waals surface area (Å²) in [6.07, 6.45) is 6.67. The molecule has 1 atom stereocenters. The van der Waals surface area contributed by atoms with E-state index in [2.05, 4.69) is 35.3 Å². The van der Waals surface area contributed by atoms with Crippen molar-refractivity contribution in [3.8, 4) is 0 Å². The minimum Gasteiger partial charge on any atom is -0.349 e. The first kappa shape index (κ1) is 20.1. The highest BCUT2D eigenvalue weighted by molar-refractivity contribution is 5.79. The number of likely N-dealkylation sites (tertiary alicyclic amines) is 1. The maximum atomic E-state index is 13.1. The van der Waals surface area contributed by atoms with Gasteiger partial charge in [-0.1, -0.05) is 30.3 Å². The Morgan fingerprint density at radius 3 is 2.48 bits per heavy atom. The second-order valence-corrected chi connectivity index (χ2v) is 8.64. The first-order valence-electron chi connectivity index (χ1n) is 11.0. The van der Waals surface area contributed by atoms with Crippen LogP contribution in [0.15, 0.2) is 42.5 Å². The topological polar surface area (TPSA) is 32.3 Å². The van der Waals surface area contributed by atoms with Crippen LogP contribution in [0.3, 0.4) is 0 Å². The minimum atomic E-state index is -0.197. The molecule has 0 bridgehead atoms. The third-order valence-corrected chi connectivity index (χ3v) is 6.51. The molecule has 4 heteroatoms. The summed E-state index contributed by atoms with van der Waals surface area (Å²) < 4.78 is 13.1. The highest BCUT2D eigenvalue weighted by Crippen LogP contribution is 2.26. The molecule has 154 valence electrons. The monoisotopic (exact) mass is 394 g/mol. The number of rotatable bonds is 5. The van der Waals surface area contributed by atoms with Crippen LogP contribution in [0.25, 0.3) is 0 Å². The maximum Gasteiger partial charge on any atom is 0.223 e. The number of fused-ring (bicyclic) bond motifs is 1. The molecule has 1 N–H and O–H groups in total. The number of halogens is 1. The zero-order chi connectivity index (χ0) is 20.2. The largest absolute Gasteiger partial charge is 0.349 e. The second-order valence-electron chi connectivity index (χ2n) is 8.64. The molecule has 29 heavy (non-hydrogen) atoms. The summed E-state index contributed by atoms with van der Waals surface area (Å²) in [6.45, 7) is 4.72. The predicted molar refractivity (Wildman–Crippen MR) is 114 cm³/mol. The van der Waals surface area contributed by atoms with Crippen molar-refractivity contribution < 1.29 is 9.18 Å². The van der Waals surface area contributed by atoms with Gasteiger partial charge in [0.1, 0.15) is 5.82 Å². The van der Waals surface area contributed by atoms with Gasteiger partial charge in [0.15, 0.2) is 0 Å². The van der Waals surface area contributed by atoms with Crippen molar-refractivity contribution in [3.63, 3.8) is 0 Å². The lowest BCUT2D eigenvalue weighted by atomic mass is 9.89. The van der Waals surface area contributed by atoms with Gasteiger partial charge in [0.25, 0.3) is 0 Å². The van der Waals surface area contributed by atoms with Gasteiger partial charge >= 0.3 is 0 Å². The van der Waals surface area contributed by atoms with Gasteiger partial charge in [-0.3, -0.25) is 9.69 Å². The van der Waals surface area contributed by atoms with Crippen LogP contribution in [0.2, 0.25) is 0 Å². The molecule has 2 aromatic carbocycles. The fourth-order valence-corrected chi connectivity index (χ4v) is 4.64. The van der Waals surface area contributed by atoms with E-state index in [1.807, 2.05) is 12.1 Å². The highest BCUT2D eigenvalue weighted by atomic mass is 19.1. The van der Waals surface area contributed by atoms with E-state index in [1.165, 1.54) is 48.1 Å². The third kappa shape index (κ3) is 5.05. The summed E-state index contributed by atoms with van der Waals surface area (Å²) in [5.74, 6) is 0.0633. The molecule has 0 saturated carbocycles. The van der Waals surface area contributed by atoms with Crippen LogP contribution < -0.4 is 5.32 Å². The van der Waals surface area contributed by atoms with Crippen molar-refractivity contribution in [1.29, 1.82) is 0 Å². The maximum absolute atomic E-state index is 13.1. The lowest BCUT2D eigenvalue weighted by molar-refractivity contribution is -0.127. The van der Waals surface area contributed by atoms with Crippen LogP contribution in [-0.2, 0) is 24.2 Å². The van der Waals surface area contributed by atoms with E-state index in [1.54, 1.807) is 0 Å². The summed E-state index contributed by atoms with van der Waals surface area (Å²) in [4.78, 5) is 15.2. The number of piperidine rings is 1. The van der Waals surface area contributed by atoms with Gasteiger partial charge in [-0.05, 0) is 92.9 Å². The van der Waals surface area contributed by atoms with Gasteiger partial charge in [0.05, 0.1) is 6.04 Å². The van der Waals surface area contributed by atoms with Gasteiger partial charge < -0.3 is 5.32 Å². The molecule has 0 unspecified atom stereocenters. The first-order valence-corrected chi connectivity index (χ1v) is 11.0. The van der Waals surface area contributed by atoms with E-state index in [9.17, 15) is 9.18 Å². The Balaban J connectivity index is 1.27. The molecule has 1 amide bonds. The third-order valence-electron chi connectivity index (χ3n) is 6.51. The number of carbonyl (C=O) groups is 1. The van der Waals surface area contributed by atoms with Crippen LogP contribution >= 0.6 is 0 Å². The van der Waals surface area contributed by atoms with Gasteiger partial charge in [-0.25, -0.2) is 4.39 Å². The minimum absolute atomic E-state index is 0.0481. The average molecular weight is 395 g/mol. The van der Waals surface area contributed by atoms with E-state index < -0.39 is 0 Å². The Morgan fingerprint density at radius 1 is 1.07 bits per heavy atom. The number of hydrogen-bond donors (Lipinski definition) is 1. The molecule has 1 fully saturated rings. The van der Waals surface area contributed by atoms with Crippen LogP contribution in [0.1, 0.15) is 60.9 Å². The Morgan fingerprint density at radius 2 is 1.76 bits per heavy atom. The van der Waals surface area contributed by atoms with Crippen molar-refractivity contribution in [2.45, 2.75) is 58.0 Å². The average Bonchev–Trinajstić information content (AvgIpc) is 2.75. The van der Waals surface area contributed by atoms with Crippen LogP contribution in [0.4, 0.5) is 4.39 Å². The quantitative estimate of drug-likeness (QED) is 0.790. The van der Waals surface area contributed by atoms with Crippen LogP contribution in [0, 0.1) is 11.7 Å². The molecule has 1 heterocycles. The summed E-state index contributed by atoms with van der Waals surface area (Å²) in [7, 11) is 0. The highest BCUT2D eigenvalue weighted by Gasteiger charge is 2.26. The standard InChI is InChI=1S/C25H31FN2O/c1-18(22-9-8-20-4-2-3-5-23(20)16-22)27-25(29)21-12-14-28(15-13-21)17-19-6-10-24(26)11-7-19/h6-11,16,18,21H,2-5,12-15,17H2,1H3,(H,27,29)/t18-/m1/s1. The van der Waals surface area contributed by atoms with E-state index in [4.69, 9.17) is 0 Å².